The van der Waals surface area contributed by atoms with E-state index in [1.807, 2.05) is 6.07 Å². The molecule has 0 heterocycles. The van der Waals surface area contributed by atoms with Gasteiger partial charge in [-0.15, -0.1) is 0 Å². The zero-order valence-corrected chi connectivity index (χ0v) is 10.5. The van der Waals surface area contributed by atoms with E-state index in [0.29, 0.717) is 3.57 Å². The summed E-state index contributed by atoms with van der Waals surface area (Å²) < 4.78 is 71.9. The van der Waals surface area contributed by atoms with Gasteiger partial charge >= 0.3 is 5.51 Å². The quantitative estimate of drug-likeness (QED) is 0.237. The summed E-state index contributed by atoms with van der Waals surface area (Å²) in [6.45, 7) is 0. The summed E-state index contributed by atoms with van der Waals surface area (Å²) in [7, 11) is -6.09. The molecule has 0 amide bonds. The highest BCUT2D eigenvalue weighted by Crippen LogP contribution is 2.20. The van der Waals surface area contributed by atoms with Gasteiger partial charge < -0.3 is 4.55 Å². The Bertz CT molecular complexity index is 422. The molecule has 0 unspecified atom stereocenters. The van der Waals surface area contributed by atoms with Crippen molar-refractivity contribution >= 4 is 10.1 Å². The monoisotopic (exact) mass is 372 g/mol. The Morgan fingerprint density at radius 2 is 1.56 bits per heavy atom. The van der Waals surface area contributed by atoms with E-state index in [9.17, 15) is 17.6 Å². The zero-order valence-electron chi connectivity index (χ0n) is 7.36. The van der Waals surface area contributed by atoms with Gasteiger partial charge in [0, 0.05) is 0 Å². The average Bonchev–Trinajstić information content (AvgIpc) is 2.08. The van der Waals surface area contributed by atoms with Gasteiger partial charge in [-0.1, -0.05) is 12.1 Å². The van der Waals surface area contributed by atoms with E-state index in [2.05, 4.69) is 0 Å². The summed E-state index contributed by atoms with van der Waals surface area (Å²) in [4.78, 5) is 0. The second-order valence-corrected chi connectivity index (χ2v) is 4.96. The van der Waals surface area contributed by atoms with Crippen molar-refractivity contribution in [1.29, 1.82) is 0 Å². The largest absolute Gasteiger partial charge is 0.741 e. The Morgan fingerprint density at radius 1 is 1.19 bits per heavy atom. The molecule has 3 nitrogen and oxygen atoms in total. The molecule has 1 rings (SSSR count). The predicted molar refractivity (Wildman–Crippen MR) is 42.2 cm³/mol. The lowest BCUT2D eigenvalue weighted by Crippen LogP contribution is -3.34. The summed E-state index contributed by atoms with van der Waals surface area (Å²) in [5.74, 6) is -0.127. The number of alkyl halides is 3. The van der Waals surface area contributed by atoms with Crippen LogP contribution in [0.15, 0.2) is 24.3 Å². The minimum absolute atomic E-state index is 0.127. The van der Waals surface area contributed by atoms with Gasteiger partial charge in [-0.25, -0.2) is 12.8 Å². The highest BCUT2D eigenvalue weighted by molar-refractivity contribution is 7.86. The molecule has 0 radical (unpaired) electrons. The summed E-state index contributed by atoms with van der Waals surface area (Å²) in [6, 6.07) is 6.71. The topological polar surface area (TPSA) is 57.2 Å². The molecule has 0 spiro atoms. The van der Waals surface area contributed by atoms with Crippen LogP contribution >= 0.6 is 0 Å². The van der Waals surface area contributed by atoms with Gasteiger partial charge in [0.05, 0.1) is 0 Å². The number of halogens is 5. The Morgan fingerprint density at radius 3 is 1.75 bits per heavy atom. The molecule has 0 aliphatic rings. The van der Waals surface area contributed by atoms with E-state index >= 15 is 0 Å². The minimum atomic E-state index is -6.09. The summed E-state index contributed by atoms with van der Waals surface area (Å²) in [5, 5.41) is 0. The van der Waals surface area contributed by atoms with Crippen molar-refractivity contribution in [2.24, 2.45) is 0 Å². The Hall–Kier alpha value is -0.420. The number of benzene rings is 1. The van der Waals surface area contributed by atoms with E-state index in [0.717, 1.165) is 0 Å². The van der Waals surface area contributed by atoms with E-state index in [1.54, 1.807) is 34.7 Å². The van der Waals surface area contributed by atoms with Crippen molar-refractivity contribution in [2.45, 2.75) is 5.51 Å². The summed E-state index contributed by atoms with van der Waals surface area (Å²) in [5.41, 5.74) is -5.65. The van der Waals surface area contributed by atoms with Gasteiger partial charge in [0.2, 0.25) is 3.57 Å². The maximum atomic E-state index is 12.3. The first-order valence-corrected chi connectivity index (χ1v) is 6.06. The van der Waals surface area contributed by atoms with Crippen LogP contribution in [0.2, 0.25) is 0 Å². The third-order valence-corrected chi connectivity index (χ3v) is 2.63. The molecular weight excluding hydrogens is 367 g/mol. The minimum Gasteiger partial charge on any atom is -0.741 e. The van der Waals surface area contributed by atoms with Gasteiger partial charge in [-0.3, -0.25) is 0 Å². The van der Waals surface area contributed by atoms with Gasteiger partial charge in [0.15, 0.2) is 15.9 Å². The molecule has 16 heavy (non-hydrogen) atoms. The molecule has 0 fully saturated rings. The fraction of sp³-hybridized carbons (Fsp3) is 0.143. The average molecular weight is 372 g/mol. The first kappa shape index (κ1) is 15.6. The first-order valence-electron chi connectivity index (χ1n) is 3.49. The molecule has 1 aromatic rings. The molecule has 0 atom stereocenters. The van der Waals surface area contributed by atoms with Crippen LogP contribution in [0.4, 0.5) is 17.6 Å². The predicted octanol–water partition coefficient (Wildman–Crippen LogP) is -1.67. The van der Waals surface area contributed by atoms with Gasteiger partial charge in [0.1, 0.15) is 0 Å². The molecule has 92 valence electrons. The Kier molecular flexibility index (Phi) is 5.62. The van der Waals surface area contributed by atoms with Crippen LogP contribution in [0.3, 0.4) is 0 Å². The highest BCUT2D eigenvalue weighted by atomic mass is 127. The molecule has 9 heteroatoms. The SMILES string of the molecule is Fc1ccccc1[IH+].O=S(=O)([O-])C(F)(F)F. The van der Waals surface area contributed by atoms with E-state index < -0.39 is 15.6 Å². The van der Waals surface area contributed by atoms with Gasteiger partial charge in [-0.2, -0.15) is 13.2 Å². The van der Waals surface area contributed by atoms with Crippen molar-refractivity contribution in [3.63, 3.8) is 0 Å². The number of hydrogen-bond acceptors (Lipinski definition) is 3. The molecule has 0 saturated carbocycles. The van der Waals surface area contributed by atoms with Crippen molar-refractivity contribution in [3.8, 4) is 0 Å². The van der Waals surface area contributed by atoms with Crippen LogP contribution in [0.25, 0.3) is 0 Å². The Labute approximate surface area is 102 Å². The maximum Gasteiger partial charge on any atom is 0.485 e. The normalized spacial score (nSPS) is 11.6. The van der Waals surface area contributed by atoms with Crippen molar-refractivity contribution in [2.75, 3.05) is 0 Å². The maximum absolute atomic E-state index is 12.3. The van der Waals surface area contributed by atoms with E-state index in [4.69, 9.17) is 13.0 Å². The smallest absolute Gasteiger partial charge is 0.485 e. The number of rotatable bonds is 0. The van der Waals surface area contributed by atoms with Gasteiger partial charge in [-0.05, 0) is 12.1 Å². The standard InChI is InChI=1S/C6H5FI.CHF3O3S/c7-5-3-1-2-4-6(5)8;2-1(3,4)8(5,6)7/h1-4,8H;(H,5,6,7)/q+1;/p-1. The lowest BCUT2D eigenvalue weighted by molar-refractivity contribution is -0.333. The molecule has 0 aromatic heterocycles. The van der Waals surface area contributed by atoms with Crippen molar-refractivity contribution < 1.29 is 53.1 Å². The van der Waals surface area contributed by atoms with Gasteiger partial charge in [0.25, 0.3) is 22.6 Å². The molecule has 0 bridgehead atoms. The third kappa shape index (κ3) is 5.61. The fourth-order valence-electron chi connectivity index (χ4n) is 0.445. The first-order chi connectivity index (χ1) is 7.05. The van der Waals surface area contributed by atoms with Crippen molar-refractivity contribution in [3.05, 3.63) is 33.7 Å². The zero-order chi connectivity index (χ0) is 13.0. The van der Waals surface area contributed by atoms with Crippen LogP contribution in [-0.4, -0.2) is 18.5 Å². The van der Waals surface area contributed by atoms with Crippen LogP contribution in [0.5, 0.6) is 0 Å². The molecule has 0 saturated heterocycles. The third-order valence-electron chi connectivity index (χ3n) is 1.12. The second-order valence-electron chi connectivity index (χ2n) is 2.33. The van der Waals surface area contributed by atoms with Crippen LogP contribution < -0.4 is 22.6 Å². The lowest BCUT2D eigenvalue weighted by atomic mass is 10.4. The van der Waals surface area contributed by atoms with Crippen LogP contribution in [0, 0.1) is 9.39 Å². The Balaban J connectivity index is 0.000000281. The fourth-order valence-corrected chi connectivity index (χ4v) is 0.863. The second kappa shape index (κ2) is 5.77. The highest BCUT2D eigenvalue weighted by Gasteiger charge is 2.36. The molecule has 1 aromatic carbocycles. The van der Waals surface area contributed by atoms with Crippen LogP contribution in [-0.2, 0) is 10.1 Å². The number of hydrogen-bond donors (Lipinski definition) is 0. The van der Waals surface area contributed by atoms with Crippen LogP contribution in [0.1, 0.15) is 0 Å². The van der Waals surface area contributed by atoms with E-state index in [-0.39, 0.29) is 5.82 Å². The van der Waals surface area contributed by atoms with E-state index in [1.165, 1.54) is 6.07 Å². The molecule has 0 aliphatic heterocycles. The molecule has 0 N–H and O–H groups in total. The lowest BCUT2D eigenvalue weighted by Gasteiger charge is -2.08. The molecule has 0 aliphatic carbocycles. The summed E-state index contributed by atoms with van der Waals surface area (Å²) >= 11 is 1.68. The summed E-state index contributed by atoms with van der Waals surface area (Å²) in [6.07, 6.45) is 0. The van der Waals surface area contributed by atoms with Crippen molar-refractivity contribution in [1.82, 2.24) is 0 Å². The molecular formula is C7H5F4IO3S.